The largest absolute Gasteiger partial charge is 0.766 e. The number of pyridine rings is 1. The van der Waals surface area contributed by atoms with E-state index in [0.29, 0.717) is 6.42 Å². The molecule has 5 nitrogen and oxygen atoms in total. The molecule has 19 heavy (non-hydrogen) atoms. The fourth-order valence-corrected chi connectivity index (χ4v) is 1.84. The van der Waals surface area contributed by atoms with Gasteiger partial charge in [-0.25, -0.2) is 9.59 Å². The van der Waals surface area contributed by atoms with Crippen LogP contribution in [0.2, 0.25) is 0 Å². The summed E-state index contributed by atoms with van der Waals surface area (Å²) in [7, 11) is 2.44. The molecule has 102 valence electrons. The molecule has 1 heterocycles. The highest BCUT2D eigenvalue weighted by Gasteiger charge is 2.26. The summed E-state index contributed by atoms with van der Waals surface area (Å²) in [5.41, 5.74) is 0.816. The zero-order valence-electron chi connectivity index (χ0n) is 11.0. The molecule has 0 aliphatic carbocycles. The topological polar surface area (TPSA) is 56.5 Å². The molecule has 0 fully saturated rings. The molecule has 0 N–H and O–H groups in total. The van der Waals surface area contributed by atoms with Gasteiger partial charge >= 0.3 is 11.9 Å². The van der Waals surface area contributed by atoms with Gasteiger partial charge in [-0.3, -0.25) is 0 Å². The van der Waals surface area contributed by atoms with Gasteiger partial charge in [-0.15, -0.1) is 0 Å². The molecule has 1 aromatic heterocycles. The highest BCUT2D eigenvalue weighted by Crippen LogP contribution is 2.09. The lowest BCUT2D eigenvalue weighted by Gasteiger charge is -2.12. The van der Waals surface area contributed by atoms with E-state index in [2.05, 4.69) is 9.47 Å². The lowest BCUT2D eigenvalue weighted by molar-refractivity contribution is -0.587. The standard InChI is InChI=1S/C13H15NO4S/c1-4-9-7-5-6-8-14(9)10(12(15)17-2)11(19)13(16)18-3/h5-8H,4H2,1-3H3. The minimum atomic E-state index is -0.742. The van der Waals surface area contributed by atoms with Crippen molar-refractivity contribution in [2.75, 3.05) is 14.2 Å². The molecule has 0 spiro atoms. The smallest absolute Gasteiger partial charge is 0.402 e. The van der Waals surface area contributed by atoms with Gasteiger partial charge in [0.2, 0.25) is 0 Å². The maximum absolute atomic E-state index is 11.9. The molecular formula is C13H15NO4S. The normalized spacial score (nSPS) is 11.5. The first kappa shape index (κ1) is 15.1. The molecule has 0 unspecified atom stereocenters. The zero-order valence-corrected chi connectivity index (χ0v) is 11.8. The maximum atomic E-state index is 11.9. The fourth-order valence-electron chi connectivity index (χ4n) is 1.57. The van der Waals surface area contributed by atoms with Gasteiger partial charge in [0.1, 0.15) is 0 Å². The summed E-state index contributed by atoms with van der Waals surface area (Å²) >= 11 is 5.00. The molecule has 1 aromatic rings. The molecule has 0 amide bonds. The maximum Gasteiger partial charge on any atom is 0.402 e. The van der Waals surface area contributed by atoms with E-state index in [-0.39, 0.29) is 10.6 Å². The third-order valence-corrected chi connectivity index (χ3v) is 2.87. The van der Waals surface area contributed by atoms with Crippen LogP contribution in [0, 0.1) is 0 Å². The number of hydrogen-bond acceptors (Lipinski definition) is 5. The van der Waals surface area contributed by atoms with Gasteiger partial charge in [-0.05, 0) is 4.91 Å². The van der Waals surface area contributed by atoms with Crippen LogP contribution in [0.3, 0.4) is 0 Å². The van der Waals surface area contributed by atoms with Gasteiger partial charge < -0.3 is 22.1 Å². The summed E-state index contributed by atoms with van der Waals surface area (Å²) in [5.74, 6) is -1.42. The molecule has 0 aliphatic rings. The second-order valence-electron chi connectivity index (χ2n) is 3.58. The Labute approximate surface area is 117 Å². The average molecular weight is 281 g/mol. The van der Waals surface area contributed by atoms with Crippen LogP contribution in [0.5, 0.6) is 0 Å². The second-order valence-corrected chi connectivity index (χ2v) is 3.98. The van der Waals surface area contributed by atoms with E-state index >= 15 is 0 Å². The molecule has 0 aromatic carbocycles. The summed E-state index contributed by atoms with van der Waals surface area (Å²) in [5, 5.41) is 0. The summed E-state index contributed by atoms with van der Waals surface area (Å²) in [4.78, 5) is 23.2. The number of carbonyl (C=O) groups excluding carboxylic acids is 2. The molecule has 6 heteroatoms. The molecular weight excluding hydrogens is 266 g/mol. The van der Waals surface area contributed by atoms with Gasteiger partial charge in [0.05, 0.1) is 14.2 Å². The van der Waals surface area contributed by atoms with Gasteiger partial charge in [-0.2, -0.15) is 4.57 Å². The number of ether oxygens (including phenoxy) is 2. The summed E-state index contributed by atoms with van der Waals surface area (Å²) in [6.07, 6.45) is 2.32. The Morgan fingerprint density at radius 1 is 1.21 bits per heavy atom. The number of aryl methyl sites for hydroxylation is 1. The molecule has 0 saturated carbocycles. The lowest BCUT2D eigenvalue weighted by atomic mass is 10.2. The second kappa shape index (κ2) is 6.84. The predicted molar refractivity (Wildman–Crippen MR) is 70.6 cm³/mol. The van der Waals surface area contributed by atoms with Crippen molar-refractivity contribution in [1.29, 1.82) is 0 Å². The first-order chi connectivity index (χ1) is 9.06. The van der Waals surface area contributed by atoms with Crippen molar-refractivity contribution >= 4 is 30.3 Å². The lowest BCUT2D eigenvalue weighted by Crippen LogP contribution is -2.42. The molecule has 0 atom stereocenters. The van der Waals surface area contributed by atoms with Crippen LogP contribution in [0.15, 0.2) is 29.3 Å². The van der Waals surface area contributed by atoms with E-state index in [0.717, 1.165) is 5.69 Å². The van der Waals surface area contributed by atoms with Gasteiger partial charge in [0, 0.05) is 18.6 Å². The number of hydrogen-bond donors (Lipinski definition) is 0. The van der Waals surface area contributed by atoms with Crippen molar-refractivity contribution in [2.45, 2.75) is 13.3 Å². The van der Waals surface area contributed by atoms with Crippen molar-refractivity contribution in [3.8, 4) is 0 Å². The molecule has 0 saturated heterocycles. The minimum Gasteiger partial charge on any atom is -0.766 e. The quantitative estimate of drug-likeness (QED) is 0.350. The Morgan fingerprint density at radius 3 is 2.37 bits per heavy atom. The number of aromatic nitrogens is 1. The number of nitrogens with zero attached hydrogens (tertiary/aromatic N) is 1. The van der Waals surface area contributed by atoms with E-state index in [1.54, 1.807) is 16.8 Å². The first-order valence-corrected chi connectivity index (χ1v) is 6.05. The van der Waals surface area contributed by atoms with E-state index < -0.39 is 11.9 Å². The number of methoxy groups -OCH3 is 2. The Bertz CT molecular complexity index is 525. The van der Waals surface area contributed by atoms with Crippen LogP contribution in [-0.4, -0.2) is 26.2 Å². The first-order valence-electron chi connectivity index (χ1n) is 5.64. The zero-order chi connectivity index (χ0) is 14.4. The molecule has 0 radical (unpaired) electrons. The summed E-state index contributed by atoms with van der Waals surface area (Å²) in [6, 6.07) is 5.41. The van der Waals surface area contributed by atoms with Gasteiger partial charge in [0.25, 0.3) is 5.70 Å². The minimum absolute atomic E-state index is 0.0122. The van der Waals surface area contributed by atoms with Crippen molar-refractivity contribution in [3.63, 3.8) is 0 Å². The van der Waals surface area contributed by atoms with Crippen LogP contribution in [0.25, 0.3) is 5.70 Å². The Kier molecular flexibility index (Phi) is 5.44. The highest BCUT2D eigenvalue weighted by molar-refractivity contribution is 7.65. The van der Waals surface area contributed by atoms with Crippen LogP contribution in [-0.2, 0) is 38.1 Å². The summed E-state index contributed by atoms with van der Waals surface area (Å²) < 4.78 is 10.8. The highest BCUT2D eigenvalue weighted by atomic mass is 32.1. The van der Waals surface area contributed by atoms with Gasteiger partial charge in [-0.1, -0.05) is 13.0 Å². The third kappa shape index (κ3) is 3.29. The molecule has 0 bridgehead atoms. The van der Waals surface area contributed by atoms with Crippen LogP contribution in [0.1, 0.15) is 12.6 Å². The van der Waals surface area contributed by atoms with E-state index in [1.165, 1.54) is 14.2 Å². The van der Waals surface area contributed by atoms with Crippen LogP contribution >= 0.6 is 0 Å². The Balaban J connectivity index is 3.49. The van der Waals surface area contributed by atoms with Crippen molar-refractivity contribution in [1.82, 2.24) is 0 Å². The Hall–Kier alpha value is -1.95. The van der Waals surface area contributed by atoms with Crippen LogP contribution in [0.4, 0.5) is 0 Å². The number of rotatable bonds is 4. The fraction of sp³-hybridized carbons (Fsp3) is 0.308. The third-order valence-electron chi connectivity index (χ3n) is 2.51. The van der Waals surface area contributed by atoms with Crippen LogP contribution < -0.4 is 4.57 Å². The number of carbonyl (C=O) groups is 2. The Morgan fingerprint density at radius 2 is 1.84 bits per heavy atom. The van der Waals surface area contributed by atoms with Crippen molar-refractivity contribution < 1.29 is 23.6 Å². The van der Waals surface area contributed by atoms with Gasteiger partial charge in [0.15, 0.2) is 11.9 Å². The van der Waals surface area contributed by atoms with Crippen molar-refractivity contribution in [2.24, 2.45) is 0 Å². The average Bonchev–Trinajstić information content (AvgIpc) is 2.46. The van der Waals surface area contributed by atoms with E-state index in [9.17, 15) is 9.59 Å². The monoisotopic (exact) mass is 281 g/mol. The van der Waals surface area contributed by atoms with E-state index in [1.807, 2.05) is 19.1 Å². The predicted octanol–water partition coefficient (Wildman–Crippen LogP) is 0.598. The molecule has 0 aliphatic heterocycles. The van der Waals surface area contributed by atoms with Crippen molar-refractivity contribution in [3.05, 3.63) is 35.0 Å². The SMILES string of the molecule is CCc1cccc[n+]1/C(C(=O)OC)=C(\[S-])C(=O)OC. The number of esters is 2. The van der Waals surface area contributed by atoms with E-state index in [4.69, 9.17) is 12.6 Å². The summed E-state index contributed by atoms with van der Waals surface area (Å²) in [6.45, 7) is 1.93. The molecule has 1 rings (SSSR count).